The first kappa shape index (κ1) is 9.95. The quantitative estimate of drug-likeness (QED) is 0.653. The zero-order valence-corrected chi connectivity index (χ0v) is 10.5. The molecule has 1 heterocycles. The minimum atomic E-state index is 1.27. The van der Waals surface area contributed by atoms with Crippen molar-refractivity contribution in [3.8, 4) is 0 Å². The molecule has 0 N–H and O–H groups in total. The molecule has 0 bridgehead atoms. The Bertz CT molecular complexity index is 611. The number of fused-ring (bicyclic) bond motifs is 2. The number of rotatable bonds is 0. The molecule has 0 unspecified atom stereocenters. The number of para-hydroxylation sites is 2. The molecule has 18 heavy (non-hydrogen) atoms. The fourth-order valence-corrected chi connectivity index (χ4v) is 2.92. The van der Waals surface area contributed by atoms with Crippen molar-refractivity contribution in [3.63, 3.8) is 0 Å². The summed E-state index contributed by atoms with van der Waals surface area (Å²) < 4.78 is 0. The van der Waals surface area contributed by atoms with Crippen molar-refractivity contribution >= 4 is 16.9 Å². The van der Waals surface area contributed by atoms with Crippen molar-refractivity contribution in [2.45, 2.75) is 12.8 Å². The maximum Gasteiger partial charge on any atom is 0.0488 e. The van der Waals surface area contributed by atoms with Crippen LogP contribution in [0.3, 0.4) is 0 Å². The van der Waals surface area contributed by atoms with Crippen molar-refractivity contribution in [1.29, 1.82) is 0 Å². The van der Waals surface area contributed by atoms with Gasteiger partial charge in [-0.3, -0.25) is 0 Å². The predicted molar refractivity (Wildman–Crippen MR) is 76.2 cm³/mol. The van der Waals surface area contributed by atoms with Gasteiger partial charge in [0.1, 0.15) is 0 Å². The highest BCUT2D eigenvalue weighted by molar-refractivity contribution is 5.99. The van der Waals surface area contributed by atoms with Crippen LogP contribution < -0.4 is 4.90 Å². The Balaban J connectivity index is 2.08. The average molecular weight is 233 g/mol. The van der Waals surface area contributed by atoms with E-state index >= 15 is 0 Å². The molecule has 1 saturated carbocycles. The molecule has 0 radical (unpaired) electrons. The third-order valence-electron chi connectivity index (χ3n) is 3.92. The van der Waals surface area contributed by atoms with E-state index in [-0.39, 0.29) is 0 Å². The molecule has 1 fully saturated rings. The van der Waals surface area contributed by atoms with Crippen molar-refractivity contribution in [1.82, 2.24) is 0 Å². The lowest BCUT2D eigenvalue weighted by atomic mass is 9.90. The number of nitrogens with zero attached hydrogens (tertiary/aromatic N) is 1. The Morgan fingerprint density at radius 1 is 0.778 bits per heavy atom. The summed E-state index contributed by atoms with van der Waals surface area (Å²) in [6.45, 7) is 0. The Hall–Kier alpha value is -2.02. The largest absolute Gasteiger partial charge is 0.344 e. The SMILES string of the molecule is CN1c2ccccc2C(=C2CC2)c2ccccc21. The molecule has 1 aliphatic carbocycles. The summed E-state index contributed by atoms with van der Waals surface area (Å²) in [7, 11) is 2.16. The van der Waals surface area contributed by atoms with Gasteiger partial charge < -0.3 is 4.90 Å². The molecule has 2 aromatic carbocycles. The summed E-state index contributed by atoms with van der Waals surface area (Å²) in [5, 5.41) is 0. The summed E-state index contributed by atoms with van der Waals surface area (Å²) in [4.78, 5) is 2.30. The maximum absolute atomic E-state index is 2.30. The van der Waals surface area contributed by atoms with Gasteiger partial charge in [-0.05, 0) is 30.5 Å². The van der Waals surface area contributed by atoms with E-state index in [2.05, 4.69) is 60.5 Å². The van der Waals surface area contributed by atoms with E-state index in [4.69, 9.17) is 0 Å². The van der Waals surface area contributed by atoms with E-state index in [1.54, 1.807) is 5.57 Å². The molecule has 1 heteroatoms. The van der Waals surface area contributed by atoms with Crippen LogP contribution in [-0.2, 0) is 0 Å². The second-order valence-corrected chi connectivity index (χ2v) is 5.07. The van der Waals surface area contributed by atoms with Gasteiger partial charge in [0.2, 0.25) is 0 Å². The van der Waals surface area contributed by atoms with E-state index in [1.165, 1.54) is 40.9 Å². The van der Waals surface area contributed by atoms with Gasteiger partial charge in [-0.25, -0.2) is 0 Å². The first-order chi connectivity index (χ1) is 8.86. The number of anilines is 2. The summed E-state index contributed by atoms with van der Waals surface area (Å²) in [5.74, 6) is 0. The molecule has 0 spiro atoms. The van der Waals surface area contributed by atoms with Gasteiger partial charge in [-0.1, -0.05) is 42.0 Å². The average Bonchev–Trinajstić information content (AvgIpc) is 3.24. The molecule has 2 aromatic rings. The van der Waals surface area contributed by atoms with Crippen LogP contribution in [0.1, 0.15) is 24.0 Å². The van der Waals surface area contributed by atoms with Gasteiger partial charge in [0, 0.05) is 29.5 Å². The van der Waals surface area contributed by atoms with Crippen LogP contribution in [0.2, 0.25) is 0 Å². The molecule has 1 nitrogen and oxygen atoms in total. The van der Waals surface area contributed by atoms with E-state index in [0.717, 1.165) is 0 Å². The van der Waals surface area contributed by atoms with E-state index in [0.29, 0.717) is 0 Å². The van der Waals surface area contributed by atoms with Crippen LogP contribution in [0.15, 0.2) is 54.1 Å². The number of benzene rings is 2. The Kier molecular flexibility index (Phi) is 1.93. The lowest BCUT2D eigenvalue weighted by Gasteiger charge is -2.31. The van der Waals surface area contributed by atoms with Crippen molar-refractivity contribution < 1.29 is 0 Å². The van der Waals surface area contributed by atoms with Crippen LogP contribution in [0.5, 0.6) is 0 Å². The lowest BCUT2D eigenvalue weighted by Crippen LogP contribution is -2.17. The zero-order valence-electron chi connectivity index (χ0n) is 10.5. The van der Waals surface area contributed by atoms with Crippen LogP contribution in [0.4, 0.5) is 11.4 Å². The van der Waals surface area contributed by atoms with Crippen molar-refractivity contribution in [3.05, 3.63) is 65.2 Å². The van der Waals surface area contributed by atoms with Gasteiger partial charge in [0.25, 0.3) is 0 Å². The molecule has 0 amide bonds. The molecule has 2 aliphatic rings. The van der Waals surface area contributed by atoms with Crippen molar-refractivity contribution in [2.75, 3.05) is 11.9 Å². The highest BCUT2D eigenvalue weighted by Gasteiger charge is 2.28. The van der Waals surface area contributed by atoms with Gasteiger partial charge >= 0.3 is 0 Å². The molecule has 0 aromatic heterocycles. The minimum Gasteiger partial charge on any atom is -0.344 e. The first-order valence-electron chi connectivity index (χ1n) is 6.51. The van der Waals surface area contributed by atoms with Crippen LogP contribution >= 0.6 is 0 Å². The van der Waals surface area contributed by atoms with E-state index < -0.39 is 0 Å². The van der Waals surface area contributed by atoms with E-state index in [1.807, 2.05) is 0 Å². The molecular weight excluding hydrogens is 218 g/mol. The smallest absolute Gasteiger partial charge is 0.0488 e. The topological polar surface area (TPSA) is 3.24 Å². The predicted octanol–water partition coefficient (Wildman–Crippen LogP) is 4.36. The summed E-state index contributed by atoms with van der Waals surface area (Å²) in [5.41, 5.74) is 8.54. The Labute approximate surface area is 107 Å². The maximum atomic E-state index is 2.30. The highest BCUT2D eigenvalue weighted by atomic mass is 15.1. The lowest BCUT2D eigenvalue weighted by molar-refractivity contribution is 1.17. The highest BCUT2D eigenvalue weighted by Crippen LogP contribution is 2.49. The molecule has 0 atom stereocenters. The zero-order chi connectivity index (χ0) is 12.1. The van der Waals surface area contributed by atoms with Gasteiger partial charge in [-0.2, -0.15) is 0 Å². The normalized spacial score (nSPS) is 16.4. The van der Waals surface area contributed by atoms with Crippen LogP contribution in [0, 0.1) is 0 Å². The van der Waals surface area contributed by atoms with Crippen LogP contribution in [-0.4, -0.2) is 7.05 Å². The molecule has 1 aliphatic heterocycles. The molecule has 88 valence electrons. The van der Waals surface area contributed by atoms with Gasteiger partial charge in [0.05, 0.1) is 0 Å². The number of allylic oxidation sites excluding steroid dienone is 1. The monoisotopic (exact) mass is 233 g/mol. The number of hydrogen-bond acceptors (Lipinski definition) is 1. The van der Waals surface area contributed by atoms with Crippen LogP contribution in [0.25, 0.3) is 5.57 Å². The number of hydrogen-bond donors (Lipinski definition) is 0. The molecule has 4 rings (SSSR count). The summed E-state index contributed by atoms with van der Waals surface area (Å²) in [6.07, 6.45) is 2.53. The Morgan fingerprint density at radius 3 is 1.78 bits per heavy atom. The fourth-order valence-electron chi connectivity index (χ4n) is 2.92. The first-order valence-corrected chi connectivity index (χ1v) is 6.51. The second kappa shape index (κ2) is 3.49. The second-order valence-electron chi connectivity index (χ2n) is 5.07. The minimum absolute atomic E-state index is 1.27. The van der Waals surface area contributed by atoms with Gasteiger partial charge in [0.15, 0.2) is 0 Å². The summed E-state index contributed by atoms with van der Waals surface area (Å²) in [6, 6.07) is 17.5. The van der Waals surface area contributed by atoms with Gasteiger partial charge in [-0.15, -0.1) is 0 Å². The third kappa shape index (κ3) is 1.28. The summed E-state index contributed by atoms with van der Waals surface area (Å²) >= 11 is 0. The van der Waals surface area contributed by atoms with E-state index in [9.17, 15) is 0 Å². The standard InChI is InChI=1S/C17H15N/c1-18-15-8-4-2-6-13(15)17(12-10-11-12)14-7-3-5-9-16(14)18/h2-9H,10-11H2,1H3. The Morgan fingerprint density at radius 2 is 1.28 bits per heavy atom. The molecule has 0 saturated heterocycles. The molecular formula is C17H15N. The third-order valence-corrected chi connectivity index (χ3v) is 3.92. The fraction of sp³-hybridized carbons (Fsp3) is 0.176. The van der Waals surface area contributed by atoms with Crippen molar-refractivity contribution in [2.24, 2.45) is 0 Å².